The highest BCUT2D eigenvalue weighted by Crippen LogP contribution is 2.35. The number of fused-ring (bicyclic) bond motifs is 1. The van der Waals surface area contributed by atoms with Crippen molar-refractivity contribution in [3.8, 4) is 0 Å². The Morgan fingerprint density at radius 1 is 1.10 bits per heavy atom. The van der Waals surface area contributed by atoms with E-state index in [4.69, 9.17) is 0 Å². The van der Waals surface area contributed by atoms with Crippen LogP contribution in [0.4, 0.5) is 4.39 Å². The third-order valence-electron chi connectivity index (χ3n) is 3.99. The van der Waals surface area contributed by atoms with Crippen LogP contribution in [0.3, 0.4) is 0 Å². The van der Waals surface area contributed by atoms with E-state index in [1.807, 2.05) is 0 Å². The molecule has 0 bridgehead atoms. The normalized spacial score (nSPS) is 22.1. The molecule has 0 spiro atoms. The second-order valence-electron chi connectivity index (χ2n) is 5.49. The molecule has 5 heteroatoms. The van der Waals surface area contributed by atoms with Crippen molar-refractivity contribution < 1.29 is 12.8 Å². The zero-order valence-corrected chi connectivity index (χ0v) is 12.1. The summed E-state index contributed by atoms with van der Waals surface area (Å²) in [4.78, 5) is 2.12. The Hall–Kier alpha value is -1.20. The average molecular weight is 295 g/mol. The van der Waals surface area contributed by atoms with Gasteiger partial charge < -0.3 is 0 Å². The quantitative estimate of drug-likeness (QED) is 0.842. The van der Waals surface area contributed by atoms with Crippen molar-refractivity contribution in [1.29, 1.82) is 0 Å². The zero-order valence-electron chi connectivity index (χ0n) is 11.3. The Balaban J connectivity index is 1.90. The van der Waals surface area contributed by atoms with Crippen molar-refractivity contribution in [2.24, 2.45) is 0 Å². The van der Waals surface area contributed by atoms with E-state index in [0.717, 1.165) is 31.5 Å². The van der Waals surface area contributed by atoms with Crippen LogP contribution >= 0.6 is 0 Å². The SMILES string of the molecule is O=S1(=O)C=C(CN2CCCCCC2)c2cccc(F)c21. The zero-order chi connectivity index (χ0) is 14.2. The summed E-state index contributed by atoms with van der Waals surface area (Å²) in [5.41, 5.74) is 1.26. The maximum absolute atomic E-state index is 13.8. The van der Waals surface area contributed by atoms with E-state index < -0.39 is 15.7 Å². The fraction of sp³-hybridized carbons (Fsp3) is 0.467. The van der Waals surface area contributed by atoms with Crippen LogP contribution in [-0.2, 0) is 9.84 Å². The number of hydrogen-bond donors (Lipinski definition) is 0. The second kappa shape index (κ2) is 5.30. The van der Waals surface area contributed by atoms with Crippen LogP contribution in [0.25, 0.3) is 5.57 Å². The summed E-state index contributed by atoms with van der Waals surface area (Å²) in [6.45, 7) is 2.57. The smallest absolute Gasteiger partial charge is 0.203 e. The van der Waals surface area contributed by atoms with Gasteiger partial charge in [-0.3, -0.25) is 4.90 Å². The molecule has 0 atom stereocenters. The van der Waals surface area contributed by atoms with Gasteiger partial charge in [0.15, 0.2) is 0 Å². The molecule has 1 fully saturated rings. The minimum absolute atomic E-state index is 0.148. The van der Waals surface area contributed by atoms with E-state index in [1.54, 1.807) is 12.1 Å². The van der Waals surface area contributed by atoms with Crippen molar-refractivity contribution >= 4 is 15.4 Å². The van der Waals surface area contributed by atoms with E-state index in [1.165, 1.54) is 24.3 Å². The molecule has 0 N–H and O–H groups in total. The molecule has 0 unspecified atom stereocenters. The van der Waals surface area contributed by atoms with E-state index >= 15 is 0 Å². The number of rotatable bonds is 2. The number of nitrogens with zero attached hydrogens (tertiary/aromatic N) is 1. The molecule has 1 aromatic carbocycles. The van der Waals surface area contributed by atoms with Crippen molar-refractivity contribution in [2.75, 3.05) is 19.6 Å². The molecular formula is C15H18FNO2S. The molecule has 2 aliphatic rings. The highest BCUT2D eigenvalue weighted by atomic mass is 32.2. The summed E-state index contributed by atoms with van der Waals surface area (Å²) in [6, 6.07) is 4.48. The molecule has 0 aliphatic carbocycles. The lowest BCUT2D eigenvalue weighted by molar-refractivity contribution is 0.320. The van der Waals surface area contributed by atoms with Crippen LogP contribution in [0, 0.1) is 5.82 Å². The Morgan fingerprint density at radius 2 is 1.80 bits per heavy atom. The van der Waals surface area contributed by atoms with Gasteiger partial charge in [-0.05, 0) is 37.6 Å². The van der Waals surface area contributed by atoms with Gasteiger partial charge in [0.1, 0.15) is 10.7 Å². The average Bonchev–Trinajstić information content (AvgIpc) is 2.57. The van der Waals surface area contributed by atoms with Gasteiger partial charge in [-0.2, -0.15) is 0 Å². The number of benzene rings is 1. The lowest BCUT2D eigenvalue weighted by atomic mass is 10.1. The summed E-state index contributed by atoms with van der Waals surface area (Å²) in [5, 5.41) is 1.24. The van der Waals surface area contributed by atoms with Crippen LogP contribution < -0.4 is 0 Å². The van der Waals surface area contributed by atoms with E-state index in [9.17, 15) is 12.8 Å². The van der Waals surface area contributed by atoms with Crippen LogP contribution in [0.1, 0.15) is 31.2 Å². The third kappa shape index (κ3) is 2.52. The molecule has 20 heavy (non-hydrogen) atoms. The largest absolute Gasteiger partial charge is 0.299 e. The molecule has 2 aliphatic heterocycles. The minimum Gasteiger partial charge on any atom is -0.299 e. The van der Waals surface area contributed by atoms with E-state index in [2.05, 4.69) is 4.90 Å². The summed E-state index contributed by atoms with van der Waals surface area (Å²) in [5.74, 6) is -0.649. The van der Waals surface area contributed by atoms with Gasteiger partial charge in [-0.1, -0.05) is 25.0 Å². The van der Waals surface area contributed by atoms with E-state index in [-0.39, 0.29) is 4.90 Å². The Kier molecular flexibility index (Phi) is 3.65. The second-order valence-corrected chi connectivity index (χ2v) is 7.23. The predicted octanol–water partition coefficient (Wildman–Crippen LogP) is 2.83. The van der Waals surface area contributed by atoms with Gasteiger partial charge in [0.2, 0.25) is 9.84 Å². The fourth-order valence-corrected chi connectivity index (χ4v) is 4.56. The van der Waals surface area contributed by atoms with Gasteiger partial charge >= 0.3 is 0 Å². The minimum atomic E-state index is -3.61. The highest BCUT2D eigenvalue weighted by Gasteiger charge is 2.30. The molecule has 0 radical (unpaired) electrons. The molecular weight excluding hydrogens is 277 g/mol. The summed E-state index contributed by atoms with van der Waals surface area (Å²) < 4.78 is 37.9. The van der Waals surface area contributed by atoms with Crippen molar-refractivity contribution in [1.82, 2.24) is 4.90 Å². The molecule has 108 valence electrons. The summed E-state index contributed by atoms with van der Waals surface area (Å²) >= 11 is 0. The number of halogens is 1. The molecule has 1 saturated heterocycles. The lowest BCUT2D eigenvalue weighted by Gasteiger charge is -2.20. The molecule has 1 aromatic rings. The summed E-state index contributed by atoms with van der Waals surface area (Å²) in [7, 11) is -3.61. The molecule has 0 aromatic heterocycles. The fourth-order valence-electron chi connectivity index (χ4n) is 3.02. The first-order valence-electron chi connectivity index (χ1n) is 7.05. The van der Waals surface area contributed by atoms with Crippen molar-refractivity contribution in [3.63, 3.8) is 0 Å². The molecule has 3 nitrogen and oxygen atoms in total. The van der Waals surface area contributed by atoms with Crippen LogP contribution in [0.2, 0.25) is 0 Å². The highest BCUT2D eigenvalue weighted by molar-refractivity contribution is 7.95. The van der Waals surface area contributed by atoms with Gasteiger partial charge in [0.25, 0.3) is 0 Å². The molecule has 3 rings (SSSR count). The maximum atomic E-state index is 13.8. The van der Waals surface area contributed by atoms with Crippen LogP contribution in [-0.4, -0.2) is 33.0 Å². The predicted molar refractivity (Wildman–Crippen MR) is 76.5 cm³/mol. The standard InChI is InChI=1S/C15H18FNO2S/c16-14-7-5-6-13-12(11-20(18,19)15(13)14)10-17-8-3-1-2-4-9-17/h5-7,11H,1-4,8-10H2. The third-order valence-corrected chi connectivity index (χ3v) is 5.57. The van der Waals surface area contributed by atoms with Crippen molar-refractivity contribution in [2.45, 2.75) is 30.6 Å². The van der Waals surface area contributed by atoms with Gasteiger partial charge in [0.05, 0.1) is 0 Å². The van der Waals surface area contributed by atoms with E-state index in [0.29, 0.717) is 12.1 Å². The number of likely N-dealkylation sites (tertiary alicyclic amines) is 1. The molecule has 0 amide bonds. The topological polar surface area (TPSA) is 37.4 Å². The first kappa shape index (κ1) is 13.8. The molecule has 0 saturated carbocycles. The van der Waals surface area contributed by atoms with Gasteiger partial charge in [-0.25, -0.2) is 12.8 Å². The monoisotopic (exact) mass is 295 g/mol. The summed E-state index contributed by atoms with van der Waals surface area (Å²) in [6.07, 6.45) is 4.77. The number of hydrogen-bond acceptors (Lipinski definition) is 3. The Labute approximate surface area is 119 Å². The van der Waals surface area contributed by atoms with Crippen molar-refractivity contribution in [3.05, 3.63) is 35.0 Å². The van der Waals surface area contributed by atoms with Gasteiger partial charge in [0, 0.05) is 17.5 Å². The molecule has 2 heterocycles. The first-order chi connectivity index (χ1) is 9.58. The van der Waals surface area contributed by atoms with Gasteiger partial charge in [-0.15, -0.1) is 0 Å². The van der Waals surface area contributed by atoms with Crippen LogP contribution in [0.15, 0.2) is 28.5 Å². The maximum Gasteiger partial charge on any atom is 0.203 e. The first-order valence-corrected chi connectivity index (χ1v) is 8.59. The van der Waals surface area contributed by atoms with Crippen LogP contribution in [0.5, 0.6) is 0 Å². The lowest BCUT2D eigenvalue weighted by Crippen LogP contribution is -2.26. The Bertz CT molecular complexity index is 644. The Morgan fingerprint density at radius 3 is 2.50 bits per heavy atom. The number of sulfone groups is 1.